The van der Waals surface area contributed by atoms with Crippen molar-refractivity contribution >= 4 is 17.3 Å². The second kappa shape index (κ2) is 8.74. The molecule has 1 N–H and O–H groups in total. The van der Waals surface area contributed by atoms with Crippen LogP contribution in [0.2, 0.25) is 0 Å². The lowest BCUT2D eigenvalue weighted by atomic mass is 10.1. The molecule has 124 valence electrons. The summed E-state index contributed by atoms with van der Waals surface area (Å²) < 4.78 is 18.0. The standard InChI is InChI=1S/C17H21FN2O2S/c1-3-22-17(21)16-12(2)23-15(20-16)11-19-9-5-7-13-6-4-8-14(18)10-13/h4,6,8,10,19H,3,5,7,9,11H2,1-2H3. The molecule has 2 aromatic rings. The van der Waals surface area contributed by atoms with E-state index in [1.165, 1.54) is 17.4 Å². The van der Waals surface area contributed by atoms with Crippen LogP contribution in [0.15, 0.2) is 24.3 Å². The normalized spacial score (nSPS) is 10.7. The van der Waals surface area contributed by atoms with Gasteiger partial charge in [0.1, 0.15) is 10.8 Å². The molecule has 23 heavy (non-hydrogen) atoms. The van der Waals surface area contributed by atoms with Gasteiger partial charge >= 0.3 is 5.97 Å². The minimum absolute atomic E-state index is 0.194. The first kappa shape index (κ1) is 17.6. The molecule has 0 saturated carbocycles. The van der Waals surface area contributed by atoms with Gasteiger partial charge in [0.25, 0.3) is 0 Å². The number of nitrogens with one attached hydrogen (secondary N) is 1. The number of thiazole rings is 1. The smallest absolute Gasteiger partial charge is 0.358 e. The molecule has 0 unspecified atom stereocenters. The Morgan fingerprint density at radius 3 is 3.00 bits per heavy atom. The van der Waals surface area contributed by atoms with Gasteiger partial charge in [-0.2, -0.15) is 0 Å². The van der Waals surface area contributed by atoms with Gasteiger partial charge in [0.2, 0.25) is 0 Å². The Balaban J connectivity index is 1.74. The van der Waals surface area contributed by atoms with Gasteiger partial charge in [0.15, 0.2) is 5.69 Å². The van der Waals surface area contributed by atoms with Crippen LogP contribution in [0.4, 0.5) is 4.39 Å². The molecule has 0 bridgehead atoms. The number of benzene rings is 1. The number of hydrogen-bond donors (Lipinski definition) is 1. The second-order valence-electron chi connectivity index (χ2n) is 5.14. The van der Waals surface area contributed by atoms with E-state index in [1.54, 1.807) is 19.1 Å². The zero-order valence-electron chi connectivity index (χ0n) is 13.4. The predicted octanol–water partition coefficient (Wildman–Crippen LogP) is 3.49. The van der Waals surface area contributed by atoms with Gasteiger partial charge in [-0.3, -0.25) is 0 Å². The molecule has 0 radical (unpaired) electrons. The molecule has 2 rings (SSSR count). The van der Waals surface area contributed by atoms with E-state index < -0.39 is 0 Å². The highest BCUT2D eigenvalue weighted by atomic mass is 32.1. The first-order valence-electron chi connectivity index (χ1n) is 7.68. The van der Waals surface area contributed by atoms with Crippen molar-refractivity contribution in [1.82, 2.24) is 10.3 Å². The van der Waals surface area contributed by atoms with Crippen LogP contribution >= 0.6 is 11.3 Å². The van der Waals surface area contributed by atoms with Gasteiger partial charge in [-0.1, -0.05) is 12.1 Å². The molecule has 1 aromatic heterocycles. The van der Waals surface area contributed by atoms with Crippen LogP contribution in [0.3, 0.4) is 0 Å². The number of nitrogens with zero attached hydrogens (tertiary/aromatic N) is 1. The molecular weight excluding hydrogens is 315 g/mol. The lowest BCUT2D eigenvalue weighted by Crippen LogP contribution is -2.15. The highest BCUT2D eigenvalue weighted by Gasteiger charge is 2.15. The van der Waals surface area contributed by atoms with Gasteiger partial charge in [0, 0.05) is 11.4 Å². The summed E-state index contributed by atoms with van der Waals surface area (Å²) in [5.41, 5.74) is 1.41. The average molecular weight is 336 g/mol. The molecule has 4 nitrogen and oxygen atoms in total. The van der Waals surface area contributed by atoms with Crippen LogP contribution in [-0.4, -0.2) is 24.1 Å². The first-order valence-corrected chi connectivity index (χ1v) is 8.50. The maximum Gasteiger partial charge on any atom is 0.358 e. The van der Waals surface area contributed by atoms with Crippen molar-refractivity contribution in [3.8, 4) is 0 Å². The summed E-state index contributed by atoms with van der Waals surface area (Å²) in [5, 5.41) is 4.17. The fourth-order valence-corrected chi connectivity index (χ4v) is 3.11. The minimum Gasteiger partial charge on any atom is -0.461 e. The lowest BCUT2D eigenvalue weighted by molar-refractivity contribution is 0.0519. The van der Waals surface area contributed by atoms with Crippen LogP contribution in [0.1, 0.15) is 39.3 Å². The van der Waals surface area contributed by atoms with Crippen molar-refractivity contribution in [2.24, 2.45) is 0 Å². The third kappa shape index (κ3) is 5.41. The molecule has 6 heteroatoms. The number of aromatic nitrogens is 1. The average Bonchev–Trinajstić information content (AvgIpc) is 2.88. The molecule has 0 aliphatic heterocycles. The van der Waals surface area contributed by atoms with E-state index in [-0.39, 0.29) is 11.8 Å². The molecule has 0 spiro atoms. The third-order valence-corrected chi connectivity index (χ3v) is 4.26. The van der Waals surface area contributed by atoms with Crippen LogP contribution in [-0.2, 0) is 17.7 Å². The van der Waals surface area contributed by atoms with Crippen molar-refractivity contribution in [1.29, 1.82) is 0 Å². The van der Waals surface area contributed by atoms with Crippen LogP contribution in [0, 0.1) is 12.7 Å². The Morgan fingerprint density at radius 1 is 1.43 bits per heavy atom. The van der Waals surface area contributed by atoms with Crippen molar-refractivity contribution in [3.63, 3.8) is 0 Å². The summed E-state index contributed by atoms with van der Waals surface area (Å²) in [6, 6.07) is 6.68. The van der Waals surface area contributed by atoms with Crippen LogP contribution in [0.25, 0.3) is 0 Å². The van der Waals surface area contributed by atoms with Gasteiger partial charge in [-0.15, -0.1) is 11.3 Å². The monoisotopic (exact) mass is 336 g/mol. The van der Waals surface area contributed by atoms with Crippen molar-refractivity contribution in [2.45, 2.75) is 33.2 Å². The molecule has 1 heterocycles. The number of rotatable bonds is 8. The van der Waals surface area contributed by atoms with Gasteiger partial charge in [-0.25, -0.2) is 14.2 Å². The Morgan fingerprint density at radius 2 is 2.26 bits per heavy atom. The van der Waals surface area contributed by atoms with Crippen molar-refractivity contribution < 1.29 is 13.9 Å². The number of carbonyl (C=O) groups excluding carboxylic acids is 1. The van der Waals surface area contributed by atoms with E-state index in [1.807, 2.05) is 13.0 Å². The molecule has 0 atom stereocenters. The van der Waals surface area contributed by atoms with Crippen molar-refractivity contribution in [3.05, 3.63) is 51.2 Å². The molecular formula is C17H21FN2O2S. The van der Waals surface area contributed by atoms with Crippen LogP contribution < -0.4 is 5.32 Å². The van der Waals surface area contributed by atoms with E-state index in [0.717, 1.165) is 34.8 Å². The zero-order valence-corrected chi connectivity index (χ0v) is 14.2. The van der Waals surface area contributed by atoms with E-state index in [2.05, 4.69) is 10.3 Å². The predicted molar refractivity (Wildman–Crippen MR) is 89.2 cm³/mol. The largest absolute Gasteiger partial charge is 0.461 e. The summed E-state index contributed by atoms with van der Waals surface area (Å²) in [7, 11) is 0. The summed E-state index contributed by atoms with van der Waals surface area (Å²) in [6.45, 7) is 5.43. The molecule has 0 amide bonds. The molecule has 0 saturated heterocycles. The summed E-state index contributed by atoms with van der Waals surface area (Å²) in [4.78, 5) is 16.9. The highest BCUT2D eigenvalue weighted by Crippen LogP contribution is 2.18. The quantitative estimate of drug-likeness (QED) is 0.592. The number of hydrogen-bond acceptors (Lipinski definition) is 5. The first-order chi connectivity index (χ1) is 11.1. The summed E-state index contributed by atoms with van der Waals surface area (Å²) >= 11 is 1.50. The van der Waals surface area contributed by atoms with E-state index in [4.69, 9.17) is 4.74 Å². The highest BCUT2D eigenvalue weighted by molar-refractivity contribution is 7.11. The zero-order chi connectivity index (χ0) is 16.7. The Hall–Kier alpha value is -1.79. The third-order valence-electron chi connectivity index (χ3n) is 3.29. The second-order valence-corrected chi connectivity index (χ2v) is 6.43. The SMILES string of the molecule is CCOC(=O)c1nc(CNCCCc2cccc(F)c2)sc1C. The topological polar surface area (TPSA) is 51.2 Å². The van der Waals surface area contributed by atoms with E-state index in [9.17, 15) is 9.18 Å². The summed E-state index contributed by atoms with van der Waals surface area (Å²) in [5.74, 6) is -0.557. The molecule has 0 aliphatic rings. The Labute approximate surface area is 139 Å². The molecule has 0 aliphatic carbocycles. The molecule has 0 fully saturated rings. The van der Waals surface area contributed by atoms with Gasteiger partial charge in [-0.05, 0) is 50.9 Å². The maximum absolute atomic E-state index is 13.1. The number of esters is 1. The van der Waals surface area contributed by atoms with Crippen molar-refractivity contribution in [2.75, 3.05) is 13.2 Å². The lowest BCUT2D eigenvalue weighted by Gasteiger charge is -2.03. The van der Waals surface area contributed by atoms with Gasteiger partial charge in [0.05, 0.1) is 6.61 Å². The fourth-order valence-electron chi connectivity index (χ4n) is 2.22. The number of halogens is 1. The maximum atomic E-state index is 13.1. The van der Waals surface area contributed by atoms with Crippen LogP contribution in [0.5, 0.6) is 0 Å². The Bertz CT molecular complexity index is 658. The number of ether oxygens (including phenoxy) is 1. The van der Waals surface area contributed by atoms with E-state index in [0.29, 0.717) is 18.8 Å². The number of aryl methyl sites for hydroxylation is 2. The number of carbonyl (C=O) groups is 1. The molecule has 1 aromatic carbocycles. The summed E-state index contributed by atoms with van der Waals surface area (Å²) in [6.07, 6.45) is 1.74. The van der Waals surface area contributed by atoms with Gasteiger partial charge < -0.3 is 10.1 Å². The van der Waals surface area contributed by atoms with E-state index >= 15 is 0 Å². The fraction of sp³-hybridized carbons (Fsp3) is 0.412. The minimum atomic E-state index is -0.362. The Kier molecular flexibility index (Phi) is 6.67.